The average Bonchev–Trinajstić information content (AvgIpc) is 3.29. The van der Waals surface area contributed by atoms with E-state index in [2.05, 4.69) is 5.10 Å². The van der Waals surface area contributed by atoms with E-state index in [1.54, 1.807) is 18.0 Å². The number of esters is 1. The number of nitro benzene ring substituents is 1. The van der Waals surface area contributed by atoms with Crippen molar-refractivity contribution in [2.75, 3.05) is 33.3 Å². The third-order valence-corrected chi connectivity index (χ3v) is 5.25. The van der Waals surface area contributed by atoms with Crippen molar-refractivity contribution >= 4 is 23.5 Å². The molecule has 1 aromatic carbocycles. The summed E-state index contributed by atoms with van der Waals surface area (Å²) in [5.41, 5.74) is 0.659. The lowest BCUT2D eigenvalue weighted by Gasteiger charge is -2.32. The maximum atomic E-state index is 12.7. The van der Waals surface area contributed by atoms with Crippen LogP contribution in [0.2, 0.25) is 0 Å². The number of piperidine rings is 1. The fourth-order valence-electron chi connectivity index (χ4n) is 3.54. The zero-order chi connectivity index (χ0) is 23.3. The number of likely N-dealkylation sites (tertiary alicyclic amines) is 1. The highest BCUT2D eigenvalue weighted by atomic mass is 16.6. The fourth-order valence-corrected chi connectivity index (χ4v) is 3.54. The molecule has 3 rings (SSSR count). The van der Waals surface area contributed by atoms with E-state index in [0.717, 1.165) is 0 Å². The molecule has 1 aliphatic heterocycles. The van der Waals surface area contributed by atoms with Crippen LogP contribution < -0.4 is 0 Å². The second kappa shape index (κ2) is 10.0. The Kier molecular flexibility index (Phi) is 7.18. The van der Waals surface area contributed by atoms with Gasteiger partial charge in [-0.1, -0.05) is 0 Å². The van der Waals surface area contributed by atoms with Gasteiger partial charge in [-0.05, 0) is 38.0 Å². The molecule has 1 aromatic heterocycles. The molecule has 1 unspecified atom stereocenters. The maximum Gasteiger partial charge on any atom is 0.310 e. The van der Waals surface area contributed by atoms with Crippen LogP contribution >= 0.6 is 0 Å². The molecule has 0 bridgehead atoms. The summed E-state index contributed by atoms with van der Waals surface area (Å²) < 4.78 is 6.49. The van der Waals surface area contributed by atoms with Crippen LogP contribution in [0, 0.1) is 16.0 Å². The molecule has 0 spiro atoms. The van der Waals surface area contributed by atoms with Gasteiger partial charge in [0.2, 0.25) is 5.91 Å². The SMILES string of the molecule is CCOC(=O)C1CCCN(C(=O)CN(C)C(=O)c2ccn(-c3ccc([N+](=O)[O-])cc3)n2)C1. The molecule has 2 amide bonds. The van der Waals surface area contributed by atoms with Gasteiger partial charge in [0.05, 0.1) is 29.7 Å². The van der Waals surface area contributed by atoms with E-state index in [9.17, 15) is 24.5 Å². The van der Waals surface area contributed by atoms with Gasteiger partial charge in [-0.3, -0.25) is 24.5 Å². The third kappa shape index (κ3) is 5.29. The first-order valence-corrected chi connectivity index (χ1v) is 10.3. The Morgan fingerprint density at radius 2 is 1.97 bits per heavy atom. The summed E-state index contributed by atoms with van der Waals surface area (Å²) in [4.78, 5) is 50.5. The first kappa shape index (κ1) is 22.9. The number of amides is 2. The number of carbonyl (C=O) groups is 3. The number of carbonyl (C=O) groups excluding carboxylic acids is 3. The molecular weight excluding hydrogens is 418 g/mol. The van der Waals surface area contributed by atoms with E-state index in [1.165, 1.54) is 47.0 Å². The van der Waals surface area contributed by atoms with E-state index in [-0.39, 0.29) is 42.3 Å². The molecular formula is C21H25N5O6. The van der Waals surface area contributed by atoms with Crippen LogP contribution in [0.3, 0.4) is 0 Å². The Balaban J connectivity index is 1.60. The molecule has 1 atom stereocenters. The van der Waals surface area contributed by atoms with Gasteiger partial charge >= 0.3 is 5.97 Å². The number of ether oxygens (including phenoxy) is 1. The molecule has 0 aliphatic carbocycles. The molecule has 0 radical (unpaired) electrons. The van der Waals surface area contributed by atoms with Gasteiger partial charge in [-0.25, -0.2) is 4.68 Å². The van der Waals surface area contributed by atoms with E-state index < -0.39 is 10.8 Å². The van der Waals surface area contributed by atoms with Crippen molar-refractivity contribution in [2.24, 2.45) is 5.92 Å². The van der Waals surface area contributed by atoms with Crippen molar-refractivity contribution in [3.63, 3.8) is 0 Å². The van der Waals surface area contributed by atoms with Crippen molar-refractivity contribution in [1.29, 1.82) is 0 Å². The number of aromatic nitrogens is 2. The minimum atomic E-state index is -0.495. The van der Waals surface area contributed by atoms with Crippen LogP contribution in [-0.4, -0.2) is 75.6 Å². The van der Waals surface area contributed by atoms with Crippen LogP contribution in [0.4, 0.5) is 5.69 Å². The third-order valence-electron chi connectivity index (χ3n) is 5.25. The summed E-state index contributed by atoms with van der Waals surface area (Å²) in [6.07, 6.45) is 2.95. The molecule has 2 heterocycles. The minimum absolute atomic E-state index is 0.0432. The lowest BCUT2D eigenvalue weighted by Crippen LogP contribution is -2.47. The van der Waals surface area contributed by atoms with E-state index in [0.29, 0.717) is 31.7 Å². The molecule has 1 aliphatic rings. The van der Waals surface area contributed by atoms with E-state index in [4.69, 9.17) is 4.74 Å². The molecule has 32 heavy (non-hydrogen) atoms. The summed E-state index contributed by atoms with van der Waals surface area (Å²) in [5.74, 6) is -1.32. The number of likely N-dealkylation sites (N-methyl/N-ethyl adjacent to an activating group) is 1. The predicted molar refractivity (Wildman–Crippen MR) is 113 cm³/mol. The highest BCUT2D eigenvalue weighted by Gasteiger charge is 2.30. The topological polar surface area (TPSA) is 128 Å². The van der Waals surface area contributed by atoms with Gasteiger partial charge < -0.3 is 14.5 Å². The zero-order valence-electron chi connectivity index (χ0n) is 18.0. The van der Waals surface area contributed by atoms with Gasteiger partial charge in [0.15, 0.2) is 5.69 Å². The molecule has 170 valence electrons. The number of rotatable bonds is 7. The first-order valence-electron chi connectivity index (χ1n) is 10.3. The maximum absolute atomic E-state index is 12.7. The number of nitrogens with zero attached hydrogens (tertiary/aromatic N) is 5. The highest BCUT2D eigenvalue weighted by molar-refractivity contribution is 5.94. The monoisotopic (exact) mass is 443 g/mol. The first-order chi connectivity index (χ1) is 15.3. The highest BCUT2D eigenvalue weighted by Crippen LogP contribution is 2.19. The molecule has 11 nitrogen and oxygen atoms in total. The number of hydrogen-bond acceptors (Lipinski definition) is 7. The van der Waals surface area contributed by atoms with Crippen LogP contribution in [0.5, 0.6) is 0 Å². The number of non-ortho nitro benzene ring substituents is 1. The van der Waals surface area contributed by atoms with Gasteiger partial charge in [-0.2, -0.15) is 5.10 Å². The lowest BCUT2D eigenvalue weighted by molar-refractivity contribution is -0.384. The van der Waals surface area contributed by atoms with Gasteiger partial charge in [0.25, 0.3) is 11.6 Å². The molecule has 0 saturated carbocycles. The van der Waals surface area contributed by atoms with Gasteiger partial charge in [-0.15, -0.1) is 0 Å². The van der Waals surface area contributed by atoms with Crippen LogP contribution in [0.25, 0.3) is 5.69 Å². The van der Waals surface area contributed by atoms with Crippen molar-refractivity contribution in [2.45, 2.75) is 19.8 Å². The van der Waals surface area contributed by atoms with Gasteiger partial charge in [0, 0.05) is 38.5 Å². The van der Waals surface area contributed by atoms with Crippen molar-refractivity contribution in [3.8, 4) is 5.69 Å². The van der Waals surface area contributed by atoms with Gasteiger partial charge in [0.1, 0.15) is 0 Å². The second-order valence-corrected chi connectivity index (χ2v) is 7.51. The Bertz CT molecular complexity index is 1000. The smallest absolute Gasteiger partial charge is 0.310 e. The summed E-state index contributed by atoms with van der Waals surface area (Å²) in [7, 11) is 1.51. The Labute approximate surface area is 184 Å². The van der Waals surface area contributed by atoms with Crippen molar-refractivity contribution in [1.82, 2.24) is 19.6 Å². The molecule has 11 heteroatoms. The lowest BCUT2D eigenvalue weighted by atomic mass is 9.98. The quantitative estimate of drug-likeness (QED) is 0.362. The summed E-state index contributed by atoms with van der Waals surface area (Å²) >= 11 is 0. The average molecular weight is 443 g/mol. The van der Waals surface area contributed by atoms with Crippen molar-refractivity contribution < 1.29 is 24.0 Å². The summed E-state index contributed by atoms with van der Waals surface area (Å²) in [6.45, 7) is 2.72. The van der Waals surface area contributed by atoms with E-state index >= 15 is 0 Å². The number of benzene rings is 1. The predicted octanol–water partition coefficient (Wildman–Crippen LogP) is 1.65. The van der Waals surface area contributed by atoms with Crippen molar-refractivity contribution in [3.05, 3.63) is 52.3 Å². The van der Waals surface area contributed by atoms with Crippen LogP contribution in [0.15, 0.2) is 36.5 Å². The van der Waals surface area contributed by atoms with E-state index in [1.807, 2.05) is 0 Å². The number of nitro groups is 1. The molecule has 0 N–H and O–H groups in total. The second-order valence-electron chi connectivity index (χ2n) is 7.51. The standard InChI is InChI=1S/C21H25N5O6/c1-3-32-21(29)15-5-4-11-24(13-15)19(27)14-23(2)20(28)18-10-12-25(22-18)16-6-8-17(9-7-16)26(30)31/h6-10,12,15H,3-5,11,13-14H2,1-2H3. The summed E-state index contributed by atoms with van der Waals surface area (Å²) in [5, 5.41) is 15.0. The summed E-state index contributed by atoms with van der Waals surface area (Å²) in [6, 6.07) is 7.28. The molecule has 1 saturated heterocycles. The van der Waals surface area contributed by atoms with Crippen LogP contribution in [0.1, 0.15) is 30.3 Å². The normalized spacial score (nSPS) is 15.8. The Morgan fingerprint density at radius 1 is 1.25 bits per heavy atom. The largest absolute Gasteiger partial charge is 0.466 e. The zero-order valence-corrected chi connectivity index (χ0v) is 18.0. The minimum Gasteiger partial charge on any atom is -0.466 e. The number of hydrogen-bond donors (Lipinski definition) is 0. The fraction of sp³-hybridized carbons (Fsp3) is 0.429. The Hall–Kier alpha value is -3.76. The molecule has 1 fully saturated rings. The molecule has 2 aromatic rings. The Morgan fingerprint density at radius 3 is 2.62 bits per heavy atom. The van der Waals surface area contributed by atoms with Crippen LogP contribution in [-0.2, 0) is 14.3 Å².